The largest absolute Gasteiger partial charge is 0.497 e. The third-order valence-electron chi connectivity index (χ3n) is 7.14. The van der Waals surface area contributed by atoms with Crippen LogP contribution in [-0.4, -0.2) is 61.9 Å². The van der Waals surface area contributed by atoms with Crippen LogP contribution in [-0.2, 0) is 16.6 Å². The summed E-state index contributed by atoms with van der Waals surface area (Å²) in [4.78, 5) is 17.3. The number of halogens is 1. The monoisotopic (exact) mass is 593 g/mol. The summed E-state index contributed by atoms with van der Waals surface area (Å²) in [6.07, 6.45) is 3.21. The summed E-state index contributed by atoms with van der Waals surface area (Å²) in [7, 11) is -1.02. The number of amides is 1. The molecule has 0 radical (unpaired) electrons. The Bertz CT molecular complexity index is 1440. The molecule has 3 atom stereocenters. The van der Waals surface area contributed by atoms with E-state index in [2.05, 4.69) is 4.98 Å². The summed E-state index contributed by atoms with van der Waals surface area (Å²) in [5, 5.41) is 11.7. The van der Waals surface area contributed by atoms with E-state index in [4.69, 9.17) is 25.8 Å². The number of carboxylic acid groups (broad SMARTS) is 1. The number of hydrogen-bond donors (Lipinski definition) is 1. The van der Waals surface area contributed by atoms with Crippen LogP contribution in [0.1, 0.15) is 31.2 Å². The van der Waals surface area contributed by atoms with Crippen molar-refractivity contribution in [3.05, 3.63) is 58.6 Å². The Kier molecular flexibility index (Phi) is 7.79. The van der Waals surface area contributed by atoms with Gasteiger partial charge in [-0.15, -0.1) is 11.3 Å². The molecule has 0 aliphatic carbocycles. The number of carbonyl (C=O) groups is 1. The van der Waals surface area contributed by atoms with E-state index < -0.39 is 16.1 Å². The fourth-order valence-corrected chi connectivity index (χ4v) is 7.90. The Morgan fingerprint density at radius 1 is 1.13 bits per heavy atom. The molecule has 0 saturated carbocycles. The zero-order valence-electron chi connectivity index (χ0n) is 21.3. The van der Waals surface area contributed by atoms with Crippen molar-refractivity contribution in [1.29, 1.82) is 0 Å². The van der Waals surface area contributed by atoms with Crippen LogP contribution < -0.4 is 18.5 Å². The number of aromatic nitrogens is 1. The fourth-order valence-electron chi connectivity index (χ4n) is 5.31. The predicted octanol–water partition coefficient (Wildman–Crippen LogP) is 5.26. The predicted molar refractivity (Wildman–Crippen MR) is 147 cm³/mol. The van der Waals surface area contributed by atoms with E-state index in [9.17, 15) is 18.3 Å². The van der Waals surface area contributed by atoms with Crippen molar-refractivity contribution in [1.82, 2.24) is 9.88 Å². The minimum Gasteiger partial charge on any atom is -0.497 e. The molecular formula is C26H28ClN3O7S2. The van der Waals surface area contributed by atoms with Crippen molar-refractivity contribution in [2.45, 2.75) is 55.3 Å². The van der Waals surface area contributed by atoms with Crippen molar-refractivity contribution in [2.75, 3.05) is 18.5 Å². The highest BCUT2D eigenvalue weighted by Crippen LogP contribution is 2.39. The minimum atomic E-state index is -4.08. The second kappa shape index (κ2) is 11.1. The number of hydrogen-bond acceptors (Lipinski definition) is 8. The lowest BCUT2D eigenvalue weighted by atomic mass is 10.0. The number of fused-ring (bicyclic) bond motifs is 2. The first-order chi connectivity index (χ1) is 18.7. The van der Waals surface area contributed by atoms with Crippen LogP contribution in [0.3, 0.4) is 0 Å². The lowest BCUT2D eigenvalue weighted by molar-refractivity contribution is 0.0496. The van der Waals surface area contributed by atoms with Gasteiger partial charge in [-0.25, -0.2) is 22.5 Å². The van der Waals surface area contributed by atoms with Crippen molar-refractivity contribution >= 4 is 44.2 Å². The third-order valence-corrected chi connectivity index (χ3v) is 10.1. The number of anilines is 1. The van der Waals surface area contributed by atoms with Gasteiger partial charge in [0.05, 0.1) is 30.7 Å². The van der Waals surface area contributed by atoms with Gasteiger partial charge < -0.3 is 24.2 Å². The van der Waals surface area contributed by atoms with Crippen molar-refractivity contribution in [3.63, 3.8) is 0 Å². The molecule has 5 rings (SSSR count). The first-order valence-electron chi connectivity index (χ1n) is 12.3. The van der Waals surface area contributed by atoms with Gasteiger partial charge in [0.2, 0.25) is 0 Å². The van der Waals surface area contributed by atoms with Crippen LogP contribution in [0, 0.1) is 0 Å². The van der Waals surface area contributed by atoms with Gasteiger partial charge in [0.15, 0.2) is 5.13 Å². The number of sulfonamides is 1. The van der Waals surface area contributed by atoms with Gasteiger partial charge in [0.1, 0.15) is 23.4 Å². The molecule has 1 aromatic heterocycles. The number of nitrogens with zero attached hydrogens (tertiary/aromatic N) is 3. The maximum Gasteiger partial charge on any atom is 0.407 e. The van der Waals surface area contributed by atoms with Gasteiger partial charge in [-0.3, -0.25) is 0 Å². The van der Waals surface area contributed by atoms with Gasteiger partial charge in [-0.05, 0) is 43.2 Å². The topological polar surface area (TPSA) is 118 Å². The van der Waals surface area contributed by atoms with Gasteiger partial charge >= 0.3 is 6.09 Å². The first-order valence-corrected chi connectivity index (χ1v) is 15.0. The molecule has 3 heterocycles. The second-order valence-corrected chi connectivity index (χ2v) is 12.5. The van der Waals surface area contributed by atoms with E-state index in [0.29, 0.717) is 40.8 Å². The lowest BCUT2D eigenvalue weighted by Gasteiger charge is -2.37. The maximum atomic E-state index is 13.9. The van der Waals surface area contributed by atoms with Crippen molar-refractivity contribution in [2.24, 2.45) is 0 Å². The van der Waals surface area contributed by atoms with E-state index in [1.165, 1.54) is 39.8 Å². The highest BCUT2D eigenvalue weighted by atomic mass is 35.5. The first kappa shape index (κ1) is 27.4. The molecule has 39 heavy (non-hydrogen) atoms. The zero-order chi connectivity index (χ0) is 27.7. The summed E-state index contributed by atoms with van der Waals surface area (Å²) in [6.45, 7) is -0.0240. The molecule has 0 spiro atoms. The number of benzene rings is 2. The molecule has 2 fully saturated rings. The lowest BCUT2D eigenvalue weighted by Crippen LogP contribution is -2.48. The SMILES string of the molecule is COc1ccc(CN(c2nccs2)S(=O)(=O)c2ccc(O[C@@H]3CC4CC[C@@H](C3)N4C(=O)O)c(Cl)c2)c(OC)c1. The quantitative estimate of drug-likeness (QED) is 0.357. The molecule has 1 unspecified atom stereocenters. The summed E-state index contributed by atoms with van der Waals surface area (Å²) in [6, 6.07) is 9.41. The van der Waals surface area contributed by atoms with Crippen LogP contribution in [0.2, 0.25) is 5.02 Å². The van der Waals surface area contributed by atoms with Crippen LogP contribution in [0.25, 0.3) is 0 Å². The van der Waals surface area contributed by atoms with E-state index in [0.717, 1.165) is 12.8 Å². The number of rotatable bonds is 9. The van der Waals surface area contributed by atoms with Gasteiger partial charge in [-0.2, -0.15) is 0 Å². The maximum absolute atomic E-state index is 13.9. The highest BCUT2D eigenvalue weighted by molar-refractivity contribution is 7.93. The molecule has 10 nitrogen and oxygen atoms in total. The van der Waals surface area contributed by atoms with Gasteiger partial charge in [0.25, 0.3) is 10.0 Å². The molecule has 2 aliphatic heterocycles. The smallest absolute Gasteiger partial charge is 0.407 e. The zero-order valence-corrected chi connectivity index (χ0v) is 23.7. The summed E-state index contributed by atoms with van der Waals surface area (Å²) in [5.74, 6) is 1.43. The number of methoxy groups -OCH3 is 2. The Balaban J connectivity index is 1.39. The average Bonchev–Trinajstić information content (AvgIpc) is 3.54. The van der Waals surface area contributed by atoms with Crippen LogP contribution in [0.15, 0.2) is 52.9 Å². The molecule has 208 valence electrons. The molecular weight excluding hydrogens is 566 g/mol. The minimum absolute atomic E-state index is 0.0108. The molecule has 1 amide bonds. The Morgan fingerprint density at radius 2 is 1.87 bits per heavy atom. The summed E-state index contributed by atoms with van der Waals surface area (Å²) in [5.41, 5.74) is 0.630. The third kappa shape index (κ3) is 5.45. The Hall–Kier alpha value is -3.22. The highest BCUT2D eigenvalue weighted by Gasteiger charge is 2.44. The van der Waals surface area contributed by atoms with Crippen LogP contribution >= 0.6 is 22.9 Å². The molecule has 1 N–H and O–H groups in total. The summed E-state index contributed by atoms with van der Waals surface area (Å²) >= 11 is 7.73. The number of ether oxygens (including phenoxy) is 3. The van der Waals surface area contributed by atoms with Crippen molar-refractivity contribution < 1.29 is 32.5 Å². The molecule has 2 aromatic carbocycles. The standard InChI is InChI=1S/C26H28ClN3O7S2/c1-35-19-6-3-16(24(13-19)36-2)15-29(25-28-9-10-38-25)39(33,34)21-7-8-23(22(27)14-21)37-20-11-17-4-5-18(12-20)30(17)26(31)32/h3,6-10,13-14,17-18,20H,4-5,11-12,15H2,1-2H3,(H,31,32)/t17-,18?,20-/m0/s1. The van der Waals surface area contributed by atoms with E-state index >= 15 is 0 Å². The van der Waals surface area contributed by atoms with Crippen LogP contribution in [0.4, 0.5) is 9.93 Å². The number of piperidine rings is 1. The molecule has 2 aliphatic rings. The Labute approximate surface area is 235 Å². The average molecular weight is 594 g/mol. The van der Waals surface area contributed by atoms with Crippen molar-refractivity contribution in [3.8, 4) is 17.2 Å². The van der Waals surface area contributed by atoms with E-state index in [1.807, 2.05) is 0 Å². The molecule has 2 bridgehead atoms. The molecule has 13 heteroatoms. The van der Waals surface area contributed by atoms with E-state index in [1.54, 1.807) is 43.0 Å². The number of thiazole rings is 1. The van der Waals surface area contributed by atoms with Crippen LogP contribution in [0.5, 0.6) is 17.2 Å². The fraction of sp³-hybridized carbons (Fsp3) is 0.385. The second-order valence-electron chi connectivity index (χ2n) is 9.38. The normalized spacial score (nSPS) is 20.5. The van der Waals surface area contributed by atoms with Gasteiger partial charge in [-0.1, -0.05) is 11.6 Å². The van der Waals surface area contributed by atoms with Gasteiger partial charge in [0, 0.05) is 48.1 Å². The Morgan fingerprint density at radius 3 is 2.46 bits per heavy atom. The van der Waals surface area contributed by atoms with E-state index in [-0.39, 0.29) is 34.7 Å². The summed E-state index contributed by atoms with van der Waals surface area (Å²) < 4.78 is 45.8. The molecule has 3 aromatic rings. The molecule has 2 saturated heterocycles.